The fourth-order valence-electron chi connectivity index (χ4n) is 1.98. The summed E-state index contributed by atoms with van der Waals surface area (Å²) >= 11 is 0. The maximum atomic E-state index is 12.9. The highest BCUT2D eigenvalue weighted by atomic mass is 19.1. The minimum absolute atomic E-state index is 0.186. The lowest BCUT2D eigenvalue weighted by Crippen LogP contribution is -2.27. The maximum absolute atomic E-state index is 12.9. The van der Waals surface area contributed by atoms with Crippen molar-refractivity contribution in [2.45, 2.75) is 25.7 Å². The van der Waals surface area contributed by atoms with E-state index in [0.29, 0.717) is 5.92 Å². The highest BCUT2D eigenvalue weighted by Crippen LogP contribution is 2.41. The standard InChI is InChI=1S/C12H13FO/c1-8(14)10-5-11(6-10)9-3-2-4-12(13)7-9/h2-4,7,10-11H,5-6H2,1H3. The van der Waals surface area contributed by atoms with Gasteiger partial charge < -0.3 is 0 Å². The van der Waals surface area contributed by atoms with E-state index in [0.717, 1.165) is 18.4 Å². The molecule has 1 saturated carbocycles. The number of carbonyl (C=O) groups excluding carboxylic acids is 1. The monoisotopic (exact) mass is 192 g/mol. The lowest BCUT2D eigenvalue weighted by atomic mass is 9.70. The molecule has 0 saturated heterocycles. The van der Waals surface area contributed by atoms with Crippen LogP contribution in [0.5, 0.6) is 0 Å². The molecule has 0 bridgehead atoms. The zero-order valence-corrected chi connectivity index (χ0v) is 8.16. The normalized spacial score (nSPS) is 25.6. The number of rotatable bonds is 2. The van der Waals surface area contributed by atoms with Crippen molar-refractivity contribution >= 4 is 5.78 Å². The van der Waals surface area contributed by atoms with Crippen molar-refractivity contribution < 1.29 is 9.18 Å². The minimum Gasteiger partial charge on any atom is -0.300 e. The Morgan fingerprint density at radius 1 is 1.43 bits per heavy atom. The molecule has 0 aliphatic heterocycles. The van der Waals surface area contributed by atoms with E-state index in [4.69, 9.17) is 0 Å². The number of hydrogen-bond donors (Lipinski definition) is 0. The molecule has 0 N–H and O–H groups in total. The molecule has 2 rings (SSSR count). The number of benzene rings is 1. The Labute approximate surface area is 82.9 Å². The van der Waals surface area contributed by atoms with Crippen LogP contribution in [0.15, 0.2) is 24.3 Å². The first kappa shape index (κ1) is 9.38. The molecule has 1 aromatic carbocycles. The number of halogens is 1. The van der Waals surface area contributed by atoms with Gasteiger partial charge in [-0.05, 0) is 43.4 Å². The highest BCUT2D eigenvalue weighted by Gasteiger charge is 2.33. The van der Waals surface area contributed by atoms with Crippen LogP contribution in [0.4, 0.5) is 4.39 Å². The third-order valence-electron chi connectivity index (χ3n) is 3.03. The van der Waals surface area contributed by atoms with Gasteiger partial charge in [-0.15, -0.1) is 0 Å². The zero-order valence-electron chi connectivity index (χ0n) is 8.16. The second-order valence-electron chi connectivity index (χ2n) is 4.03. The van der Waals surface area contributed by atoms with E-state index in [1.54, 1.807) is 19.1 Å². The Morgan fingerprint density at radius 3 is 2.71 bits per heavy atom. The molecule has 1 aliphatic rings. The van der Waals surface area contributed by atoms with Gasteiger partial charge in [0.2, 0.25) is 0 Å². The summed E-state index contributed by atoms with van der Waals surface area (Å²) in [5, 5.41) is 0. The van der Waals surface area contributed by atoms with E-state index in [9.17, 15) is 9.18 Å². The molecule has 1 aromatic rings. The fourth-order valence-corrected chi connectivity index (χ4v) is 1.98. The van der Waals surface area contributed by atoms with Gasteiger partial charge in [0.1, 0.15) is 11.6 Å². The van der Waals surface area contributed by atoms with Crippen LogP contribution >= 0.6 is 0 Å². The van der Waals surface area contributed by atoms with Gasteiger partial charge in [-0.3, -0.25) is 4.79 Å². The average Bonchev–Trinajstić information content (AvgIpc) is 2.00. The van der Waals surface area contributed by atoms with Crippen LogP contribution in [0.2, 0.25) is 0 Å². The average molecular weight is 192 g/mol. The summed E-state index contributed by atoms with van der Waals surface area (Å²) in [5.74, 6) is 0.675. The van der Waals surface area contributed by atoms with Crippen LogP contribution < -0.4 is 0 Å². The Bertz CT molecular complexity index is 353. The van der Waals surface area contributed by atoms with Gasteiger partial charge in [0, 0.05) is 5.92 Å². The smallest absolute Gasteiger partial charge is 0.132 e. The molecule has 0 unspecified atom stereocenters. The molecule has 14 heavy (non-hydrogen) atoms. The topological polar surface area (TPSA) is 17.1 Å². The van der Waals surface area contributed by atoms with E-state index < -0.39 is 0 Å². The van der Waals surface area contributed by atoms with E-state index >= 15 is 0 Å². The molecule has 0 spiro atoms. The first-order valence-electron chi connectivity index (χ1n) is 4.92. The van der Waals surface area contributed by atoms with Gasteiger partial charge >= 0.3 is 0 Å². The first-order valence-corrected chi connectivity index (χ1v) is 4.92. The second-order valence-corrected chi connectivity index (χ2v) is 4.03. The third kappa shape index (κ3) is 1.69. The molecule has 0 radical (unpaired) electrons. The third-order valence-corrected chi connectivity index (χ3v) is 3.03. The van der Waals surface area contributed by atoms with Gasteiger partial charge in [0.05, 0.1) is 0 Å². The summed E-state index contributed by atoms with van der Waals surface area (Å²) in [6, 6.07) is 6.68. The lowest BCUT2D eigenvalue weighted by molar-refractivity contribution is -0.123. The Hall–Kier alpha value is -1.18. The highest BCUT2D eigenvalue weighted by molar-refractivity contribution is 5.79. The molecular formula is C12H13FO. The van der Waals surface area contributed by atoms with Crippen LogP contribution in [0.3, 0.4) is 0 Å². The lowest BCUT2D eigenvalue weighted by Gasteiger charge is -2.33. The molecule has 0 amide bonds. The van der Waals surface area contributed by atoms with Gasteiger partial charge in [0.15, 0.2) is 0 Å². The summed E-state index contributed by atoms with van der Waals surface area (Å²) < 4.78 is 12.9. The first-order chi connectivity index (χ1) is 6.66. The van der Waals surface area contributed by atoms with Gasteiger partial charge in [-0.25, -0.2) is 4.39 Å². The largest absolute Gasteiger partial charge is 0.300 e. The Kier molecular flexibility index (Phi) is 2.36. The van der Waals surface area contributed by atoms with Crippen molar-refractivity contribution in [2.75, 3.05) is 0 Å². The predicted octanol–water partition coefficient (Wildman–Crippen LogP) is 2.91. The van der Waals surface area contributed by atoms with Gasteiger partial charge in [0.25, 0.3) is 0 Å². The van der Waals surface area contributed by atoms with Crippen molar-refractivity contribution in [1.82, 2.24) is 0 Å². The molecule has 0 atom stereocenters. The summed E-state index contributed by atoms with van der Waals surface area (Å²) in [6.07, 6.45) is 1.78. The summed E-state index contributed by atoms with van der Waals surface area (Å²) in [7, 11) is 0. The minimum atomic E-state index is -0.186. The van der Waals surface area contributed by atoms with Crippen LogP contribution in [0.25, 0.3) is 0 Å². The van der Waals surface area contributed by atoms with E-state index in [-0.39, 0.29) is 17.5 Å². The predicted molar refractivity (Wildman–Crippen MR) is 52.5 cm³/mol. The molecular weight excluding hydrogens is 179 g/mol. The summed E-state index contributed by atoms with van der Waals surface area (Å²) in [5.41, 5.74) is 1.03. The molecule has 1 nitrogen and oxygen atoms in total. The van der Waals surface area contributed by atoms with Gasteiger partial charge in [-0.2, -0.15) is 0 Å². The van der Waals surface area contributed by atoms with E-state index in [2.05, 4.69) is 0 Å². The van der Waals surface area contributed by atoms with Crippen LogP contribution in [-0.4, -0.2) is 5.78 Å². The fraction of sp³-hybridized carbons (Fsp3) is 0.417. The second kappa shape index (κ2) is 3.52. The molecule has 2 heteroatoms. The van der Waals surface area contributed by atoms with Crippen molar-refractivity contribution in [3.63, 3.8) is 0 Å². The Balaban J connectivity index is 2.03. The van der Waals surface area contributed by atoms with Crippen molar-refractivity contribution in [2.24, 2.45) is 5.92 Å². The van der Waals surface area contributed by atoms with Gasteiger partial charge in [-0.1, -0.05) is 12.1 Å². The molecule has 1 fully saturated rings. The van der Waals surface area contributed by atoms with Crippen LogP contribution in [-0.2, 0) is 4.79 Å². The van der Waals surface area contributed by atoms with Crippen molar-refractivity contribution in [3.8, 4) is 0 Å². The van der Waals surface area contributed by atoms with E-state index in [1.165, 1.54) is 6.07 Å². The quantitative estimate of drug-likeness (QED) is 0.704. The van der Waals surface area contributed by atoms with Crippen molar-refractivity contribution in [1.29, 1.82) is 0 Å². The maximum Gasteiger partial charge on any atom is 0.132 e. The summed E-state index contributed by atoms with van der Waals surface area (Å²) in [6.45, 7) is 1.63. The number of carbonyl (C=O) groups is 1. The Morgan fingerprint density at radius 2 is 2.14 bits per heavy atom. The van der Waals surface area contributed by atoms with Crippen LogP contribution in [0, 0.1) is 11.7 Å². The van der Waals surface area contributed by atoms with Crippen molar-refractivity contribution in [3.05, 3.63) is 35.6 Å². The number of hydrogen-bond acceptors (Lipinski definition) is 1. The number of ketones is 1. The van der Waals surface area contributed by atoms with E-state index in [1.807, 2.05) is 6.07 Å². The molecule has 0 heterocycles. The van der Waals surface area contributed by atoms with Crippen LogP contribution in [0.1, 0.15) is 31.2 Å². The molecule has 1 aliphatic carbocycles. The SMILES string of the molecule is CC(=O)C1CC(c2cccc(F)c2)C1. The zero-order chi connectivity index (χ0) is 10.1. The molecule has 0 aromatic heterocycles. The summed E-state index contributed by atoms with van der Waals surface area (Å²) in [4.78, 5) is 11.0. The molecule has 74 valence electrons. The number of Topliss-reactive ketones (excluding diaryl/α,β-unsaturated/α-hetero) is 1.